The number of carbonyl (C=O) groups is 1. The number of anilines is 2. The molecule has 2 aromatic rings. The average Bonchev–Trinajstić information content (AvgIpc) is 2.71. The van der Waals surface area contributed by atoms with Gasteiger partial charge in [0.1, 0.15) is 16.2 Å². The van der Waals surface area contributed by atoms with Gasteiger partial charge in [-0.25, -0.2) is 0 Å². The van der Waals surface area contributed by atoms with Crippen molar-refractivity contribution in [2.24, 2.45) is 9.81 Å². The van der Waals surface area contributed by atoms with Crippen LogP contribution in [0.1, 0.15) is 51.7 Å². The maximum absolute atomic E-state index is 13.9. The molecule has 33 heavy (non-hydrogen) atoms. The number of sulfonamides is 1. The summed E-state index contributed by atoms with van der Waals surface area (Å²) in [6.45, 7) is 8.15. The molecule has 0 amide bonds. The van der Waals surface area contributed by atoms with Crippen molar-refractivity contribution >= 4 is 51.2 Å². The zero-order valence-corrected chi connectivity index (χ0v) is 20.6. The number of benzene rings is 2. The Morgan fingerprint density at radius 3 is 2.48 bits per heavy atom. The SMILES string of the molecule is CC(C)(C)CC[C@]1(C)C(=O)C(C2=NS(=O)(=O)c3cc(N)ccc3N2)=C(O)c2ccccc21.Cl. The number of carbonyl (C=O) groups excluding carboxylic acids is 1. The Balaban J connectivity index is 0.00000306. The first kappa shape index (κ1) is 24.8. The number of aliphatic hydroxyl groups excluding tert-OH is 1. The number of fused-ring (bicyclic) bond motifs is 2. The van der Waals surface area contributed by atoms with Gasteiger partial charge in [-0.1, -0.05) is 45.0 Å². The van der Waals surface area contributed by atoms with Crippen LogP contribution in [0, 0.1) is 5.41 Å². The van der Waals surface area contributed by atoms with E-state index in [1.54, 1.807) is 18.2 Å². The Bertz CT molecular complexity index is 1310. The summed E-state index contributed by atoms with van der Waals surface area (Å²) in [6.07, 6.45) is 1.30. The van der Waals surface area contributed by atoms with Crippen molar-refractivity contribution < 1.29 is 18.3 Å². The van der Waals surface area contributed by atoms with Crippen LogP contribution >= 0.6 is 12.4 Å². The second kappa shape index (κ2) is 8.18. The van der Waals surface area contributed by atoms with Crippen molar-refractivity contribution in [2.75, 3.05) is 11.1 Å². The third-order valence-electron chi connectivity index (χ3n) is 6.10. The molecule has 7 nitrogen and oxygen atoms in total. The van der Waals surface area contributed by atoms with Gasteiger partial charge in [0.25, 0.3) is 10.0 Å². The van der Waals surface area contributed by atoms with Crippen LogP contribution < -0.4 is 11.1 Å². The molecule has 0 saturated carbocycles. The van der Waals surface area contributed by atoms with E-state index in [2.05, 4.69) is 30.5 Å². The molecule has 1 aliphatic carbocycles. The molecule has 1 aliphatic heterocycles. The molecule has 4 rings (SSSR count). The van der Waals surface area contributed by atoms with Gasteiger partial charge in [0.15, 0.2) is 11.6 Å². The molecule has 1 atom stereocenters. The summed E-state index contributed by atoms with van der Waals surface area (Å²) in [5, 5.41) is 14.0. The minimum Gasteiger partial charge on any atom is -0.506 e. The molecule has 0 unspecified atom stereocenters. The van der Waals surface area contributed by atoms with Gasteiger partial charge in [0, 0.05) is 11.3 Å². The van der Waals surface area contributed by atoms with Gasteiger partial charge in [0.2, 0.25) is 0 Å². The molecule has 2 aliphatic rings. The van der Waals surface area contributed by atoms with Crippen LogP contribution in [-0.2, 0) is 20.2 Å². The fourth-order valence-electron chi connectivity index (χ4n) is 4.19. The third-order valence-corrected chi connectivity index (χ3v) is 7.42. The van der Waals surface area contributed by atoms with E-state index in [1.807, 2.05) is 19.1 Å². The predicted molar refractivity (Wildman–Crippen MR) is 133 cm³/mol. The molecule has 0 fully saturated rings. The van der Waals surface area contributed by atoms with E-state index in [0.29, 0.717) is 12.0 Å². The van der Waals surface area contributed by atoms with Crippen molar-refractivity contribution in [1.29, 1.82) is 0 Å². The first-order chi connectivity index (χ1) is 14.8. The van der Waals surface area contributed by atoms with Gasteiger partial charge >= 0.3 is 0 Å². The standard InChI is InChI=1S/C24H27N3O4S.ClH/c1-23(2,3)11-12-24(4)16-8-6-5-7-15(16)20(28)19(21(24)29)22-26-17-10-9-14(25)13-18(17)32(30,31)27-22;/h5-10,13,28H,11-12,25H2,1-4H3,(H,26,27);1H/t24-;/m0./s1. The van der Waals surface area contributed by atoms with Crippen LogP contribution in [0.4, 0.5) is 11.4 Å². The highest BCUT2D eigenvalue weighted by atomic mass is 35.5. The summed E-state index contributed by atoms with van der Waals surface area (Å²) in [7, 11) is -4.11. The number of nitrogens with two attached hydrogens (primary N) is 1. The number of ketones is 1. The summed E-state index contributed by atoms with van der Waals surface area (Å²) in [5.41, 5.74) is 6.43. The van der Waals surface area contributed by atoms with Gasteiger partial charge in [-0.05, 0) is 48.9 Å². The van der Waals surface area contributed by atoms with E-state index in [4.69, 9.17) is 5.73 Å². The number of nitrogens with one attached hydrogen (secondary N) is 1. The van der Waals surface area contributed by atoms with Crippen LogP contribution in [0.5, 0.6) is 0 Å². The maximum atomic E-state index is 13.9. The Morgan fingerprint density at radius 1 is 1.15 bits per heavy atom. The fraction of sp³-hybridized carbons (Fsp3) is 0.333. The lowest BCUT2D eigenvalue weighted by Gasteiger charge is -2.37. The van der Waals surface area contributed by atoms with Gasteiger partial charge in [-0.3, -0.25) is 4.79 Å². The largest absolute Gasteiger partial charge is 0.506 e. The number of hydrogen-bond acceptors (Lipinski definition) is 6. The molecule has 0 radical (unpaired) electrons. The molecular weight excluding hydrogens is 462 g/mol. The number of nitrogen functional groups attached to an aromatic ring is 1. The smallest absolute Gasteiger partial charge is 0.286 e. The number of halogens is 1. The number of Topliss-reactive ketones (excluding diaryl/α,β-unsaturated/α-hetero) is 1. The first-order valence-electron chi connectivity index (χ1n) is 10.4. The van der Waals surface area contributed by atoms with E-state index < -0.39 is 15.4 Å². The minimum absolute atomic E-state index is 0. The lowest BCUT2D eigenvalue weighted by Crippen LogP contribution is -2.42. The van der Waals surface area contributed by atoms with Crippen LogP contribution in [0.15, 0.2) is 57.3 Å². The minimum atomic E-state index is -4.11. The second-order valence-corrected chi connectivity index (χ2v) is 11.4. The molecule has 0 aromatic heterocycles. The van der Waals surface area contributed by atoms with Gasteiger partial charge < -0.3 is 16.2 Å². The number of rotatable bonds is 3. The molecule has 0 saturated heterocycles. The van der Waals surface area contributed by atoms with E-state index in [-0.39, 0.29) is 57.0 Å². The quantitative estimate of drug-likeness (QED) is 0.530. The number of nitrogens with zero attached hydrogens (tertiary/aromatic N) is 1. The average molecular weight is 490 g/mol. The molecule has 9 heteroatoms. The topological polar surface area (TPSA) is 122 Å². The Morgan fingerprint density at radius 2 is 1.82 bits per heavy atom. The van der Waals surface area contributed by atoms with E-state index in [9.17, 15) is 18.3 Å². The Kier molecular flexibility index (Phi) is 6.15. The monoisotopic (exact) mass is 489 g/mol. The number of amidine groups is 1. The van der Waals surface area contributed by atoms with Crippen molar-refractivity contribution in [1.82, 2.24) is 0 Å². The van der Waals surface area contributed by atoms with Gasteiger partial charge in [-0.15, -0.1) is 16.8 Å². The lowest BCUT2D eigenvalue weighted by molar-refractivity contribution is -0.120. The Hall–Kier alpha value is -2.84. The third kappa shape index (κ3) is 4.25. The van der Waals surface area contributed by atoms with Crippen LogP contribution in [0.25, 0.3) is 5.76 Å². The van der Waals surface area contributed by atoms with Crippen molar-refractivity contribution in [3.63, 3.8) is 0 Å². The van der Waals surface area contributed by atoms with Crippen molar-refractivity contribution in [3.05, 3.63) is 59.2 Å². The summed E-state index contributed by atoms with van der Waals surface area (Å²) in [5.74, 6) is -0.821. The van der Waals surface area contributed by atoms with E-state index in [1.165, 1.54) is 12.1 Å². The maximum Gasteiger partial charge on any atom is 0.286 e. The van der Waals surface area contributed by atoms with E-state index in [0.717, 1.165) is 12.0 Å². The van der Waals surface area contributed by atoms with Crippen molar-refractivity contribution in [3.8, 4) is 0 Å². The first-order valence-corrected chi connectivity index (χ1v) is 11.9. The fourth-order valence-corrected chi connectivity index (χ4v) is 5.35. The predicted octanol–water partition coefficient (Wildman–Crippen LogP) is 4.84. The summed E-state index contributed by atoms with van der Waals surface area (Å²) < 4.78 is 29.6. The van der Waals surface area contributed by atoms with Gasteiger partial charge in [-0.2, -0.15) is 8.42 Å². The molecule has 0 spiro atoms. The van der Waals surface area contributed by atoms with Crippen LogP contribution in [0.3, 0.4) is 0 Å². The molecular formula is C24H28ClN3O4S. The highest BCUT2D eigenvalue weighted by Gasteiger charge is 2.46. The number of aliphatic hydroxyl groups is 1. The second-order valence-electron chi connectivity index (χ2n) is 9.79. The number of hydrogen-bond donors (Lipinski definition) is 3. The normalized spacial score (nSPS) is 21.3. The molecule has 4 N–H and O–H groups in total. The summed E-state index contributed by atoms with van der Waals surface area (Å²) in [6, 6.07) is 11.6. The Labute approximate surface area is 200 Å². The zero-order chi connectivity index (χ0) is 23.5. The van der Waals surface area contributed by atoms with E-state index >= 15 is 0 Å². The highest BCUT2D eigenvalue weighted by molar-refractivity contribution is 7.90. The molecule has 2 aromatic carbocycles. The van der Waals surface area contributed by atoms with Gasteiger partial charge in [0.05, 0.1) is 11.1 Å². The molecule has 1 heterocycles. The zero-order valence-electron chi connectivity index (χ0n) is 19.0. The summed E-state index contributed by atoms with van der Waals surface area (Å²) in [4.78, 5) is 13.8. The molecule has 176 valence electrons. The molecule has 0 bridgehead atoms. The lowest BCUT2D eigenvalue weighted by atomic mass is 9.65. The van der Waals surface area contributed by atoms with Crippen molar-refractivity contribution in [2.45, 2.75) is 50.8 Å². The summed E-state index contributed by atoms with van der Waals surface area (Å²) >= 11 is 0. The van der Waals surface area contributed by atoms with Crippen LogP contribution in [0.2, 0.25) is 0 Å². The highest BCUT2D eigenvalue weighted by Crippen LogP contribution is 2.45. The van der Waals surface area contributed by atoms with Crippen LogP contribution in [-0.4, -0.2) is 25.1 Å².